The molecule has 2 aromatic rings. The third-order valence-electron chi connectivity index (χ3n) is 3.17. The second-order valence-corrected chi connectivity index (χ2v) is 4.63. The molecule has 0 bridgehead atoms. The lowest BCUT2D eigenvalue weighted by Gasteiger charge is -2.16. The second-order valence-electron chi connectivity index (χ2n) is 4.63. The van der Waals surface area contributed by atoms with Crippen LogP contribution in [0.3, 0.4) is 0 Å². The summed E-state index contributed by atoms with van der Waals surface area (Å²) in [5, 5.41) is 6.00. The molecule has 1 aliphatic heterocycles. The van der Waals surface area contributed by atoms with Crippen molar-refractivity contribution in [2.75, 3.05) is 13.1 Å². The third kappa shape index (κ3) is 3.04. The Labute approximate surface area is 119 Å². The van der Waals surface area contributed by atoms with Crippen LogP contribution in [0.25, 0.3) is 0 Å². The summed E-state index contributed by atoms with van der Waals surface area (Å²) >= 11 is 0. The number of carbonyl (C=O) groups is 1. The zero-order valence-electron chi connectivity index (χ0n) is 11.1. The van der Waals surface area contributed by atoms with Crippen molar-refractivity contribution in [1.29, 1.82) is 0 Å². The van der Waals surface area contributed by atoms with Crippen molar-refractivity contribution in [3.05, 3.63) is 46.8 Å². The second kappa shape index (κ2) is 5.70. The zero-order valence-corrected chi connectivity index (χ0v) is 11.1. The van der Waals surface area contributed by atoms with Crippen molar-refractivity contribution in [3.63, 3.8) is 0 Å². The first-order chi connectivity index (χ1) is 10.2. The van der Waals surface area contributed by atoms with Gasteiger partial charge in [0.1, 0.15) is 18.1 Å². The molecule has 1 atom stereocenters. The Morgan fingerprint density at radius 1 is 1.38 bits per heavy atom. The first kappa shape index (κ1) is 13.2. The highest BCUT2D eigenvalue weighted by molar-refractivity contribution is 5.92. The van der Waals surface area contributed by atoms with Crippen LogP contribution in [0.2, 0.25) is 0 Å². The molecule has 8 nitrogen and oxygen atoms in total. The maximum absolute atomic E-state index is 12.2. The summed E-state index contributed by atoms with van der Waals surface area (Å²) in [6.07, 6.45) is 3.63. The van der Waals surface area contributed by atoms with E-state index >= 15 is 0 Å². The Morgan fingerprint density at radius 2 is 2.29 bits per heavy atom. The Hall–Kier alpha value is -2.77. The number of aromatic nitrogens is 4. The maximum atomic E-state index is 12.2. The molecule has 0 aliphatic carbocycles. The van der Waals surface area contributed by atoms with Gasteiger partial charge in [0.15, 0.2) is 0 Å². The molecule has 0 saturated carbocycles. The Kier molecular flexibility index (Phi) is 3.59. The first-order valence-electron chi connectivity index (χ1n) is 6.50. The van der Waals surface area contributed by atoms with Gasteiger partial charge in [0.25, 0.3) is 11.5 Å². The molecule has 0 spiro atoms. The van der Waals surface area contributed by atoms with Crippen LogP contribution in [0.4, 0.5) is 0 Å². The van der Waals surface area contributed by atoms with Crippen LogP contribution in [-0.2, 0) is 0 Å². The summed E-state index contributed by atoms with van der Waals surface area (Å²) in [5.41, 5.74) is -0.116. The molecule has 1 fully saturated rings. The van der Waals surface area contributed by atoms with Gasteiger partial charge in [-0.05, 0) is 6.07 Å². The average Bonchev–Trinajstić information content (AvgIpc) is 2.97. The summed E-state index contributed by atoms with van der Waals surface area (Å²) in [5.74, 6) is 0.270. The number of aromatic amines is 1. The van der Waals surface area contributed by atoms with E-state index in [0.29, 0.717) is 19.0 Å². The number of nitrogens with one attached hydrogen (secondary N) is 1. The average molecular weight is 287 g/mol. The number of likely N-dealkylation sites (tertiary alicyclic amines) is 1. The van der Waals surface area contributed by atoms with Gasteiger partial charge in [-0.3, -0.25) is 9.59 Å². The minimum Gasteiger partial charge on any atom is -0.472 e. The van der Waals surface area contributed by atoms with E-state index in [1.807, 2.05) is 0 Å². The highest BCUT2D eigenvalue weighted by atomic mass is 16.5. The molecular weight excluding hydrogens is 274 g/mol. The van der Waals surface area contributed by atoms with Gasteiger partial charge >= 0.3 is 0 Å². The smallest absolute Gasteiger partial charge is 0.274 e. The Bertz CT molecular complexity index is 667. The predicted molar refractivity (Wildman–Crippen MR) is 71.8 cm³/mol. The van der Waals surface area contributed by atoms with E-state index in [-0.39, 0.29) is 23.3 Å². The summed E-state index contributed by atoms with van der Waals surface area (Å²) in [4.78, 5) is 32.6. The normalized spacial score (nSPS) is 17.7. The van der Waals surface area contributed by atoms with Crippen molar-refractivity contribution in [1.82, 2.24) is 25.1 Å². The molecule has 3 heterocycles. The lowest BCUT2D eigenvalue weighted by Crippen LogP contribution is -2.32. The number of amides is 1. The van der Waals surface area contributed by atoms with E-state index in [1.54, 1.807) is 17.2 Å². The number of ether oxygens (including phenoxy) is 1. The van der Waals surface area contributed by atoms with Crippen LogP contribution in [-0.4, -0.2) is 50.2 Å². The molecule has 108 valence electrons. The predicted octanol–water partition coefficient (Wildman–Crippen LogP) is -0.147. The van der Waals surface area contributed by atoms with Crippen molar-refractivity contribution in [2.45, 2.75) is 12.5 Å². The van der Waals surface area contributed by atoms with Crippen LogP contribution in [0, 0.1) is 0 Å². The Balaban J connectivity index is 1.63. The maximum Gasteiger partial charge on any atom is 0.274 e. The molecule has 3 rings (SSSR count). The van der Waals surface area contributed by atoms with Gasteiger partial charge in [0.2, 0.25) is 5.88 Å². The van der Waals surface area contributed by atoms with Crippen molar-refractivity contribution in [2.24, 2.45) is 0 Å². The molecule has 1 amide bonds. The number of H-pyrrole nitrogens is 1. The molecule has 0 radical (unpaired) electrons. The fourth-order valence-electron chi connectivity index (χ4n) is 2.15. The number of hydrogen-bond donors (Lipinski definition) is 1. The van der Waals surface area contributed by atoms with Crippen LogP contribution in [0.5, 0.6) is 5.88 Å². The zero-order chi connectivity index (χ0) is 14.7. The summed E-state index contributed by atoms with van der Waals surface area (Å²) in [7, 11) is 0. The highest BCUT2D eigenvalue weighted by Crippen LogP contribution is 2.17. The fraction of sp³-hybridized carbons (Fsp3) is 0.308. The van der Waals surface area contributed by atoms with Gasteiger partial charge in [-0.2, -0.15) is 5.10 Å². The Morgan fingerprint density at radius 3 is 3.00 bits per heavy atom. The quantitative estimate of drug-likeness (QED) is 0.842. The SMILES string of the molecule is O=C(c1ccc(=O)[nH]n1)N1CC[C@H](Oc2ccncn2)C1. The van der Waals surface area contributed by atoms with Crippen LogP contribution in [0.1, 0.15) is 16.9 Å². The lowest BCUT2D eigenvalue weighted by atomic mass is 10.3. The van der Waals surface area contributed by atoms with Gasteiger partial charge < -0.3 is 9.64 Å². The van der Waals surface area contributed by atoms with E-state index in [2.05, 4.69) is 20.2 Å². The van der Waals surface area contributed by atoms with E-state index in [1.165, 1.54) is 18.5 Å². The van der Waals surface area contributed by atoms with E-state index < -0.39 is 0 Å². The van der Waals surface area contributed by atoms with Gasteiger partial charge in [-0.25, -0.2) is 15.1 Å². The lowest BCUT2D eigenvalue weighted by molar-refractivity contribution is 0.0764. The van der Waals surface area contributed by atoms with E-state index in [0.717, 1.165) is 6.42 Å². The standard InChI is InChI=1S/C13H13N5O3/c19-11-2-1-10(16-17-11)13(20)18-6-4-9(7-18)21-12-3-5-14-8-15-12/h1-3,5,8-9H,4,6-7H2,(H,17,19)/t9-/m0/s1. The number of nitrogens with zero attached hydrogens (tertiary/aromatic N) is 4. The van der Waals surface area contributed by atoms with Gasteiger partial charge in [-0.15, -0.1) is 0 Å². The minimum atomic E-state index is -0.335. The topological polar surface area (TPSA) is 101 Å². The molecule has 2 aromatic heterocycles. The molecule has 1 saturated heterocycles. The van der Waals surface area contributed by atoms with E-state index in [4.69, 9.17) is 4.74 Å². The van der Waals surface area contributed by atoms with Crippen molar-refractivity contribution < 1.29 is 9.53 Å². The highest BCUT2D eigenvalue weighted by Gasteiger charge is 2.29. The third-order valence-corrected chi connectivity index (χ3v) is 3.17. The van der Waals surface area contributed by atoms with Crippen LogP contribution in [0.15, 0.2) is 35.5 Å². The molecule has 8 heteroatoms. The molecule has 0 unspecified atom stereocenters. The summed E-state index contributed by atoms with van der Waals surface area (Å²) in [6.45, 7) is 1.04. The molecule has 21 heavy (non-hydrogen) atoms. The fourth-order valence-corrected chi connectivity index (χ4v) is 2.15. The largest absolute Gasteiger partial charge is 0.472 e. The van der Waals surface area contributed by atoms with Gasteiger partial charge in [-0.1, -0.05) is 0 Å². The number of rotatable bonds is 3. The number of carbonyl (C=O) groups excluding carboxylic acids is 1. The van der Waals surface area contributed by atoms with E-state index in [9.17, 15) is 9.59 Å². The first-order valence-corrected chi connectivity index (χ1v) is 6.50. The van der Waals surface area contributed by atoms with Gasteiger partial charge in [0.05, 0.1) is 6.54 Å². The molecular formula is C13H13N5O3. The molecule has 1 aliphatic rings. The number of hydrogen-bond acceptors (Lipinski definition) is 6. The van der Waals surface area contributed by atoms with Gasteiger partial charge in [0, 0.05) is 31.3 Å². The molecule has 1 N–H and O–H groups in total. The summed E-state index contributed by atoms with van der Waals surface area (Å²) < 4.78 is 5.69. The van der Waals surface area contributed by atoms with Crippen LogP contribution >= 0.6 is 0 Å². The summed E-state index contributed by atoms with van der Waals surface area (Å²) in [6, 6.07) is 4.37. The van der Waals surface area contributed by atoms with Crippen LogP contribution < -0.4 is 10.3 Å². The molecule has 0 aromatic carbocycles. The van der Waals surface area contributed by atoms with Crippen molar-refractivity contribution in [3.8, 4) is 5.88 Å². The monoisotopic (exact) mass is 287 g/mol. The minimum absolute atomic E-state index is 0.105. The van der Waals surface area contributed by atoms with Crippen molar-refractivity contribution >= 4 is 5.91 Å².